The van der Waals surface area contributed by atoms with Gasteiger partial charge in [-0.25, -0.2) is 9.18 Å². The first-order chi connectivity index (χ1) is 8.73. The molecule has 0 radical (unpaired) electrons. The second-order valence-electron chi connectivity index (χ2n) is 4.03. The van der Waals surface area contributed by atoms with Crippen LogP contribution in [0.3, 0.4) is 0 Å². The summed E-state index contributed by atoms with van der Waals surface area (Å²) in [5.41, 5.74) is -0.166. The van der Waals surface area contributed by atoms with Crippen LogP contribution in [0.25, 0.3) is 0 Å². The number of hydrogen-bond acceptors (Lipinski definition) is 2. The molecule has 0 saturated carbocycles. The van der Waals surface area contributed by atoms with Crippen molar-refractivity contribution in [3.63, 3.8) is 0 Å². The van der Waals surface area contributed by atoms with Gasteiger partial charge < -0.3 is 5.11 Å². The highest BCUT2D eigenvalue weighted by molar-refractivity contribution is 5.89. The summed E-state index contributed by atoms with van der Waals surface area (Å²) in [6.45, 7) is 0.162. The Bertz CT molecular complexity index is 460. The van der Waals surface area contributed by atoms with E-state index in [2.05, 4.69) is 0 Å². The highest BCUT2D eigenvalue weighted by Crippen LogP contribution is 2.20. The maximum Gasteiger partial charge on any atom is 0.401 e. The van der Waals surface area contributed by atoms with Gasteiger partial charge in [0, 0.05) is 6.54 Å². The van der Waals surface area contributed by atoms with Gasteiger partial charge in [-0.05, 0) is 30.3 Å². The Morgan fingerprint density at radius 2 is 2.00 bits per heavy atom. The minimum absolute atomic E-state index is 0.0265. The third kappa shape index (κ3) is 4.86. The summed E-state index contributed by atoms with van der Waals surface area (Å²) in [6, 6.07) is 2.96. The zero-order chi connectivity index (χ0) is 14.6. The monoisotopic (exact) mass is 279 g/mol. The summed E-state index contributed by atoms with van der Waals surface area (Å²) in [7, 11) is 0. The van der Waals surface area contributed by atoms with Crippen LogP contribution < -0.4 is 0 Å². The molecule has 1 rings (SSSR count). The Morgan fingerprint density at radius 1 is 1.37 bits per heavy atom. The zero-order valence-electron chi connectivity index (χ0n) is 10.2. The molecule has 1 aromatic carbocycles. The SMILES string of the molecule is CCN(Cc1cc(F)ccc1C(=O)O)CC(F)(F)F. The minimum atomic E-state index is -4.38. The Kier molecular flexibility index (Phi) is 4.88. The molecule has 0 atom stereocenters. The number of carbonyl (C=O) groups is 1. The van der Waals surface area contributed by atoms with Gasteiger partial charge in [-0.3, -0.25) is 4.90 Å². The summed E-state index contributed by atoms with van der Waals surface area (Å²) in [6.07, 6.45) is -4.38. The fourth-order valence-electron chi connectivity index (χ4n) is 1.68. The molecule has 0 aliphatic carbocycles. The Labute approximate surface area is 107 Å². The third-order valence-corrected chi connectivity index (χ3v) is 2.54. The Balaban J connectivity index is 2.96. The Hall–Kier alpha value is -1.63. The standard InChI is InChI=1S/C12H13F4NO2/c1-2-17(7-12(14,15)16)6-8-5-9(13)3-4-10(8)11(18)19/h3-5H,2,6-7H2,1H3,(H,18,19). The quantitative estimate of drug-likeness (QED) is 0.842. The van der Waals surface area contributed by atoms with Crippen LogP contribution in [0.1, 0.15) is 22.8 Å². The van der Waals surface area contributed by atoms with Crippen LogP contribution in [0, 0.1) is 5.82 Å². The van der Waals surface area contributed by atoms with Gasteiger partial charge in [0.2, 0.25) is 0 Å². The van der Waals surface area contributed by atoms with Gasteiger partial charge in [-0.2, -0.15) is 13.2 Å². The van der Waals surface area contributed by atoms with Crippen molar-refractivity contribution < 1.29 is 27.5 Å². The van der Waals surface area contributed by atoms with Crippen molar-refractivity contribution in [1.82, 2.24) is 4.90 Å². The van der Waals surface area contributed by atoms with Crippen molar-refractivity contribution in [2.45, 2.75) is 19.6 Å². The summed E-state index contributed by atoms with van der Waals surface area (Å²) in [5, 5.41) is 8.91. The van der Waals surface area contributed by atoms with Gasteiger partial charge in [-0.15, -0.1) is 0 Å². The van der Waals surface area contributed by atoms with Crippen molar-refractivity contribution in [3.8, 4) is 0 Å². The smallest absolute Gasteiger partial charge is 0.401 e. The molecule has 0 amide bonds. The van der Waals surface area contributed by atoms with Crippen LogP contribution in [0.2, 0.25) is 0 Å². The van der Waals surface area contributed by atoms with Crippen molar-refractivity contribution in [3.05, 3.63) is 35.1 Å². The van der Waals surface area contributed by atoms with E-state index >= 15 is 0 Å². The molecule has 7 heteroatoms. The maximum absolute atomic E-state index is 13.1. The fraction of sp³-hybridized carbons (Fsp3) is 0.417. The van der Waals surface area contributed by atoms with E-state index in [1.807, 2.05) is 0 Å². The summed E-state index contributed by atoms with van der Waals surface area (Å²) in [5.74, 6) is -1.97. The highest BCUT2D eigenvalue weighted by Gasteiger charge is 2.30. The molecular weight excluding hydrogens is 266 g/mol. The molecule has 0 saturated heterocycles. The van der Waals surface area contributed by atoms with Gasteiger partial charge in [0.15, 0.2) is 0 Å². The molecule has 0 aliphatic rings. The molecule has 0 unspecified atom stereocenters. The van der Waals surface area contributed by atoms with Gasteiger partial charge in [0.05, 0.1) is 12.1 Å². The van der Waals surface area contributed by atoms with Crippen molar-refractivity contribution in [1.29, 1.82) is 0 Å². The number of hydrogen-bond donors (Lipinski definition) is 1. The largest absolute Gasteiger partial charge is 0.478 e. The van der Waals surface area contributed by atoms with Gasteiger partial charge in [0.25, 0.3) is 0 Å². The van der Waals surface area contributed by atoms with Crippen LogP contribution in [0.5, 0.6) is 0 Å². The van der Waals surface area contributed by atoms with Gasteiger partial charge >= 0.3 is 12.1 Å². The number of rotatable bonds is 5. The second kappa shape index (κ2) is 6.01. The first-order valence-corrected chi connectivity index (χ1v) is 5.53. The molecule has 0 fully saturated rings. The van der Waals surface area contributed by atoms with E-state index in [0.717, 1.165) is 23.1 Å². The number of alkyl halides is 3. The molecule has 0 bridgehead atoms. The molecule has 1 aromatic rings. The lowest BCUT2D eigenvalue weighted by Gasteiger charge is -2.22. The van der Waals surface area contributed by atoms with Crippen LogP contribution >= 0.6 is 0 Å². The molecule has 1 N–H and O–H groups in total. The van der Waals surface area contributed by atoms with E-state index in [1.165, 1.54) is 6.92 Å². The molecule has 0 aromatic heterocycles. The average molecular weight is 279 g/mol. The predicted molar refractivity (Wildman–Crippen MR) is 60.4 cm³/mol. The van der Waals surface area contributed by atoms with E-state index in [1.54, 1.807) is 0 Å². The fourth-order valence-corrected chi connectivity index (χ4v) is 1.68. The maximum atomic E-state index is 13.1. The minimum Gasteiger partial charge on any atom is -0.478 e. The lowest BCUT2D eigenvalue weighted by Crippen LogP contribution is -2.34. The van der Waals surface area contributed by atoms with Crippen LogP contribution in [0.15, 0.2) is 18.2 Å². The van der Waals surface area contributed by atoms with E-state index in [-0.39, 0.29) is 24.2 Å². The number of carboxylic acid groups (broad SMARTS) is 1. The van der Waals surface area contributed by atoms with Crippen LogP contribution in [0.4, 0.5) is 17.6 Å². The van der Waals surface area contributed by atoms with Crippen molar-refractivity contribution >= 4 is 5.97 Å². The number of nitrogens with zero attached hydrogens (tertiary/aromatic N) is 1. The van der Waals surface area contributed by atoms with Gasteiger partial charge in [-0.1, -0.05) is 6.92 Å². The molecule has 0 aliphatic heterocycles. The third-order valence-electron chi connectivity index (χ3n) is 2.54. The van der Waals surface area contributed by atoms with E-state index in [9.17, 15) is 22.4 Å². The van der Waals surface area contributed by atoms with E-state index in [0.29, 0.717) is 0 Å². The molecule has 0 heterocycles. The van der Waals surface area contributed by atoms with Crippen molar-refractivity contribution in [2.75, 3.05) is 13.1 Å². The van der Waals surface area contributed by atoms with E-state index < -0.39 is 24.5 Å². The first-order valence-electron chi connectivity index (χ1n) is 5.53. The molecule has 106 valence electrons. The normalized spacial score (nSPS) is 11.9. The van der Waals surface area contributed by atoms with Crippen LogP contribution in [-0.2, 0) is 6.54 Å². The summed E-state index contributed by atoms with van der Waals surface area (Å²) >= 11 is 0. The predicted octanol–water partition coefficient (Wildman–Crippen LogP) is 2.91. The molecular formula is C12H13F4NO2. The molecule has 3 nitrogen and oxygen atoms in total. The molecule has 0 spiro atoms. The number of aromatic carboxylic acids is 1. The lowest BCUT2D eigenvalue weighted by molar-refractivity contribution is -0.146. The van der Waals surface area contributed by atoms with Crippen LogP contribution in [-0.4, -0.2) is 35.2 Å². The lowest BCUT2D eigenvalue weighted by atomic mass is 10.1. The number of benzene rings is 1. The summed E-state index contributed by atoms with van der Waals surface area (Å²) in [4.78, 5) is 11.9. The Morgan fingerprint density at radius 3 is 2.47 bits per heavy atom. The molecule has 19 heavy (non-hydrogen) atoms. The average Bonchev–Trinajstić information content (AvgIpc) is 2.25. The number of carboxylic acids is 1. The van der Waals surface area contributed by atoms with Gasteiger partial charge in [0.1, 0.15) is 5.82 Å². The zero-order valence-corrected chi connectivity index (χ0v) is 10.2. The van der Waals surface area contributed by atoms with E-state index in [4.69, 9.17) is 5.11 Å². The summed E-state index contributed by atoms with van der Waals surface area (Å²) < 4.78 is 50.0. The second-order valence-corrected chi connectivity index (χ2v) is 4.03. The van der Waals surface area contributed by atoms with Crippen molar-refractivity contribution in [2.24, 2.45) is 0 Å². The topological polar surface area (TPSA) is 40.5 Å². The highest BCUT2D eigenvalue weighted by atomic mass is 19.4. The first kappa shape index (κ1) is 15.4. The number of halogens is 4.